The van der Waals surface area contributed by atoms with Crippen molar-refractivity contribution in [1.29, 1.82) is 5.26 Å². The molecule has 2 heteroatoms. The molecule has 1 aromatic rings. The lowest BCUT2D eigenvalue weighted by Crippen LogP contribution is -1.63. The Hall–Kier alpha value is -2.37. The number of nitriles is 1. The summed E-state index contributed by atoms with van der Waals surface area (Å²) in [6.45, 7) is 13.5. The van der Waals surface area contributed by atoms with E-state index >= 15 is 0 Å². The summed E-state index contributed by atoms with van der Waals surface area (Å²) in [4.78, 5) is 0. The summed E-state index contributed by atoms with van der Waals surface area (Å²) in [6.07, 6.45) is 6.29. The third-order valence-electron chi connectivity index (χ3n) is 1.29. The molecule has 0 amide bonds. The van der Waals surface area contributed by atoms with Crippen LogP contribution in [0.2, 0.25) is 0 Å². The molecule has 0 atom stereocenters. The maximum absolute atomic E-state index is 7.51. The number of nitrogens with zero attached hydrogens (tertiary/aromatic N) is 1. The normalized spacial score (nSPS) is 6.06. The lowest BCUT2D eigenvalue weighted by atomic mass is 10.2. The number of rotatable bonds is 2. The molecule has 0 unspecified atom stereocenters. The molecule has 0 radical (unpaired) electrons. The first-order chi connectivity index (χ1) is 7.76. The fourth-order valence-corrected chi connectivity index (χ4v) is 0.589. The molecule has 0 bridgehead atoms. The van der Waals surface area contributed by atoms with E-state index in [9.17, 15) is 0 Å². The van der Waals surface area contributed by atoms with E-state index in [2.05, 4.69) is 26.3 Å². The zero-order valence-corrected chi connectivity index (χ0v) is 10.2. The molecule has 1 aromatic carbocycles. The van der Waals surface area contributed by atoms with Crippen LogP contribution in [0.4, 0.5) is 0 Å². The highest BCUT2D eigenvalue weighted by atomic mass is 14.2. The Morgan fingerprint density at radius 3 is 1.53 bits per heavy atom. The minimum absolute atomic E-state index is 0. The smallest absolute Gasteiger partial charge is 0.0905 e. The van der Waals surface area contributed by atoms with E-state index in [-0.39, 0.29) is 6.15 Å². The summed E-state index contributed by atoms with van der Waals surface area (Å²) in [5, 5.41) is 7.51. The Morgan fingerprint density at radius 1 is 0.941 bits per heavy atom. The van der Waals surface area contributed by atoms with Gasteiger partial charge < -0.3 is 6.15 Å². The molecular formula is C15H20N2. The van der Waals surface area contributed by atoms with Crippen molar-refractivity contribution >= 4 is 6.08 Å². The molecule has 3 N–H and O–H groups in total. The van der Waals surface area contributed by atoms with E-state index in [4.69, 9.17) is 5.26 Å². The molecule has 0 aliphatic carbocycles. The summed E-state index contributed by atoms with van der Waals surface area (Å²) in [6, 6.07) is 11.7. The summed E-state index contributed by atoms with van der Waals surface area (Å²) in [7, 11) is 0. The second-order valence-electron chi connectivity index (χ2n) is 2.42. The van der Waals surface area contributed by atoms with E-state index in [0.29, 0.717) is 0 Å². The predicted octanol–water partition coefficient (Wildman–Crippen LogP) is 4.55. The zero-order valence-electron chi connectivity index (χ0n) is 10.2. The highest BCUT2D eigenvalue weighted by Crippen LogP contribution is 1.97. The lowest BCUT2D eigenvalue weighted by molar-refractivity contribution is 1.54. The van der Waals surface area contributed by atoms with Gasteiger partial charge in [-0.25, -0.2) is 0 Å². The second kappa shape index (κ2) is 19.2. The van der Waals surface area contributed by atoms with Crippen molar-refractivity contribution in [2.45, 2.75) is 0 Å². The van der Waals surface area contributed by atoms with Crippen molar-refractivity contribution in [2.24, 2.45) is 0 Å². The van der Waals surface area contributed by atoms with Gasteiger partial charge in [-0.1, -0.05) is 74.9 Å². The first-order valence-corrected chi connectivity index (χ1v) is 4.68. The topological polar surface area (TPSA) is 58.8 Å². The van der Waals surface area contributed by atoms with E-state index in [1.807, 2.05) is 36.4 Å². The number of hydrogen-bond acceptors (Lipinski definition) is 2. The van der Waals surface area contributed by atoms with Gasteiger partial charge in [-0.3, -0.25) is 0 Å². The lowest BCUT2D eigenvalue weighted by Gasteiger charge is -1.85. The van der Waals surface area contributed by atoms with Gasteiger partial charge in [-0.15, -0.1) is 0 Å². The average Bonchev–Trinajstić information content (AvgIpc) is 2.40. The van der Waals surface area contributed by atoms with E-state index < -0.39 is 0 Å². The summed E-state index contributed by atoms with van der Waals surface area (Å²) in [5.41, 5.74) is 1.17. The van der Waals surface area contributed by atoms with Gasteiger partial charge in [0.1, 0.15) is 0 Å². The Balaban J connectivity index is -0.000000189. The van der Waals surface area contributed by atoms with Crippen LogP contribution in [0.3, 0.4) is 0 Å². The maximum atomic E-state index is 7.51. The molecule has 0 heterocycles. The van der Waals surface area contributed by atoms with Crippen LogP contribution in [0.5, 0.6) is 0 Å². The van der Waals surface area contributed by atoms with Crippen LogP contribution >= 0.6 is 0 Å². The van der Waals surface area contributed by atoms with Crippen molar-refractivity contribution in [1.82, 2.24) is 6.15 Å². The molecule has 0 aliphatic rings. The van der Waals surface area contributed by atoms with E-state index in [1.165, 1.54) is 11.6 Å². The van der Waals surface area contributed by atoms with Crippen molar-refractivity contribution < 1.29 is 0 Å². The van der Waals surface area contributed by atoms with Gasteiger partial charge in [-0.2, -0.15) is 5.26 Å². The van der Waals surface area contributed by atoms with Crippen molar-refractivity contribution in [3.05, 3.63) is 80.4 Å². The molecular weight excluding hydrogens is 208 g/mol. The van der Waals surface area contributed by atoms with E-state index in [0.717, 1.165) is 0 Å². The fraction of sp³-hybridized carbons (Fsp3) is 0. The van der Waals surface area contributed by atoms with Crippen LogP contribution in [0.1, 0.15) is 5.56 Å². The van der Waals surface area contributed by atoms with Crippen LogP contribution < -0.4 is 6.15 Å². The summed E-state index contributed by atoms with van der Waals surface area (Å²) >= 11 is 0. The number of hydrogen-bond donors (Lipinski definition) is 1. The highest BCUT2D eigenvalue weighted by molar-refractivity contribution is 5.45. The van der Waals surface area contributed by atoms with Gasteiger partial charge in [0, 0.05) is 6.08 Å². The molecule has 0 spiro atoms. The first-order valence-electron chi connectivity index (χ1n) is 4.68. The third-order valence-corrected chi connectivity index (χ3v) is 1.29. The average molecular weight is 228 g/mol. The molecule has 0 aliphatic heterocycles. The second-order valence-corrected chi connectivity index (χ2v) is 2.42. The van der Waals surface area contributed by atoms with Crippen molar-refractivity contribution in [2.75, 3.05) is 0 Å². The maximum Gasteiger partial charge on any atom is 0.0905 e. The quantitative estimate of drug-likeness (QED) is 0.596. The van der Waals surface area contributed by atoms with Gasteiger partial charge in [0.05, 0.1) is 6.07 Å². The SMILES string of the molecule is C=CC#N.C=CC=C.C=Cc1ccccc1.N. The van der Waals surface area contributed by atoms with Crippen molar-refractivity contribution in [3.63, 3.8) is 0 Å². The van der Waals surface area contributed by atoms with Gasteiger partial charge in [-0.05, 0) is 5.56 Å². The Labute approximate surface area is 104 Å². The molecule has 2 nitrogen and oxygen atoms in total. The summed E-state index contributed by atoms with van der Waals surface area (Å²) < 4.78 is 0. The van der Waals surface area contributed by atoms with Crippen LogP contribution in [0.15, 0.2) is 74.9 Å². The molecule has 90 valence electrons. The van der Waals surface area contributed by atoms with Gasteiger partial charge >= 0.3 is 0 Å². The van der Waals surface area contributed by atoms with E-state index in [1.54, 1.807) is 18.2 Å². The Kier molecular flexibility index (Phi) is 22.7. The van der Waals surface area contributed by atoms with Gasteiger partial charge in [0.25, 0.3) is 0 Å². The fourth-order valence-electron chi connectivity index (χ4n) is 0.589. The van der Waals surface area contributed by atoms with Crippen LogP contribution in [0, 0.1) is 11.3 Å². The molecule has 0 saturated heterocycles. The van der Waals surface area contributed by atoms with Gasteiger partial charge in [0.15, 0.2) is 0 Å². The summed E-state index contributed by atoms with van der Waals surface area (Å²) in [5.74, 6) is 0. The standard InChI is InChI=1S/C8H8.C4H6.C3H3N.H3N/c1-2-8-6-4-3-5-7-8;1-3-4-2;1-2-3-4;/h2-7H,1H2;3-4H,1-2H2;2H,1H2;1H3. The van der Waals surface area contributed by atoms with Crippen LogP contribution in [-0.4, -0.2) is 0 Å². The Bertz CT molecular complexity index is 339. The molecule has 17 heavy (non-hydrogen) atoms. The number of allylic oxidation sites excluding steroid dienone is 3. The van der Waals surface area contributed by atoms with Crippen molar-refractivity contribution in [3.8, 4) is 6.07 Å². The predicted molar refractivity (Wildman–Crippen MR) is 77.8 cm³/mol. The molecule has 0 saturated carbocycles. The van der Waals surface area contributed by atoms with Crippen LogP contribution in [0.25, 0.3) is 6.08 Å². The minimum Gasteiger partial charge on any atom is -0.344 e. The molecule has 0 fully saturated rings. The molecule has 1 rings (SSSR count). The Morgan fingerprint density at radius 2 is 1.35 bits per heavy atom. The minimum atomic E-state index is 0. The zero-order chi connectivity index (χ0) is 12.6. The van der Waals surface area contributed by atoms with Crippen LogP contribution in [-0.2, 0) is 0 Å². The van der Waals surface area contributed by atoms with Gasteiger partial charge in [0.2, 0.25) is 0 Å². The largest absolute Gasteiger partial charge is 0.344 e. The highest BCUT2D eigenvalue weighted by Gasteiger charge is 1.75. The molecule has 0 aromatic heterocycles. The first kappa shape index (κ1) is 20.1. The monoisotopic (exact) mass is 228 g/mol. The third kappa shape index (κ3) is 19.9. The number of benzene rings is 1.